The molecule has 3 rings (SSSR count). The van der Waals surface area contributed by atoms with Gasteiger partial charge >= 0.3 is 0 Å². The van der Waals surface area contributed by atoms with Gasteiger partial charge in [-0.2, -0.15) is 0 Å². The first-order valence-electron chi connectivity index (χ1n) is 7.13. The van der Waals surface area contributed by atoms with E-state index in [-0.39, 0.29) is 0 Å². The van der Waals surface area contributed by atoms with E-state index in [1.54, 1.807) is 12.4 Å². The number of hydrogen-bond donors (Lipinski definition) is 1. The van der Waals surface area contributed by atoms with Crippen molar-refractivity contribution in [3.63, 3.8) is 0 Å². The Kier molecular flexibility index (Phi) is 3.88. The molecule has 0 fully saturated rings. The van der Waals surface area contributed by atoms with E-state index in [9.17, 15) is 0 Å². The third-order valence-corrected chi connectivity index (χ3v) is 3.29. The Balaban J connectivity index is 2.01. The normalized spacial score (nSPS) is 11.2. The van der Waals surface area contributed by atoms with Crippen LogP contribution in [0, 0.1) is 0 Å². The number of nitrogens with zero attached hydrogens (tertiary/aromatic N) is 3. The van der Waals surface area contributed by atoms with Gasteiger partial charge < -0.3 is 5.32 Å². The van der Waals surface area contributed by atoms with Gasteiger partial charge in [0.2, 0.25) is 0 Å². The van der Waals surface area contributed by atoms with E-state index in [0.29, 0.717) is 11.9 Å². The molecule has 3 aromatic rings. The maximum absolute atomic E-state index is 4.63. The lowest BCUT2D eigenvalue weighted by atomic mass is 10.1. The van der Waals surface area contributed by atoms with Gasteiger partial charge in [-0.05, 0) is 17.5 Å². The molecule has 4 nitrogen and oxygen atoms in total. The highest BCUT2D eigenvalue weighted by atomic mass is 15.0. The first kappa shape index (κ1) is 13.6. The molecular formula is C17H18N4. The number of nitrogens with one attached hydrogen (secondary N) is 1. The molecular weight excluding hydrogens is 260 g/mol. The highest BCUT2D eigenvalue weighted by Gasteiger charge is 2.08. The van der Waals surface area contributed by atoms with Gasteiger partial charge in [0.25, 0.3) is 0 Å². The second-order valence-corrected chi connectivity index (χ2v) is 5.29. The minimum Gasteiger partial charge on any atom is -0.309 e. The third kappa shape index (κ3) is 3.06. The quantitative estimate of drug-likeness (QED) is 0.796. The van der Waals surface area contributed by atoms with Crippen molar-refractivity contribution >= 4 is 10.8 Å². The van der Waals surface area contributed by atoms with Crippen molar-refractivity contribution in [3.05, 3.63) is 54.5 Å². The average molecular weight is 278 g/mol. The Labute approximate surface area is 124 Å². The summed E-state index contributed by atoms with van der Waals surface area (Å²) in [7, 11) is 0. The van der Waals surface area contributed by atoms with E-state index in [0.717, 1.165) is 28.7 Å². The van der Waals surface area contributed by atoms with Gasteiger partial charge in [-0.25, -0.2) is 9.97 Å². The van der Waals surface area contributed by atoms with Gasteiger partial charge in [-0.15, -0.1) is 0 Å². The molecule has 1 N–H and O–H groups in total. The van der Waals surface area contributed by atoms with Crippen LogP contribution in [0.2, 0.25) is 0 Å². The Morgan fingerprint density at radius 1 is 1.00 bits per heavy atom. The van der Waals surface area contributed by atoms with Crippen LogP contribution in [0.15, 0.2) is 48.8 Å². The smallest absolute Gasteiger partial charge is 0.179 e. The zero-order chi connectivity index (χ0) is 14.7. The Morgan fingerprint density at radius 2 is 1.81 bits per heavy atom. The summed E-state index contributed by atoms with van der Waals surface area (Å²) in [5.41, 5.74) is 1.81. The fraction of sp³-hybridized carbons (Fsp3) is 0.235. The maximum atomic E-state index is 4.63. The van der Waals surface area contributed by atoms with Gasteiger partial charge in [0.15, 0.2) is 5.82 Å². The van der Waals surface area contributed by atoms with Crippen LogP contribution in [0.25, 0.3) is 22.3 Å². The standard InChI is InChI=1S/C17H18N4/c1-12(2)20-11-14-8-10-19-17(21-14)16-15-6-4-3-5-13(15)7-9-18-16/h3-10,12,20H,11H2,1-2H3. The predicted molar refractivity (Wildman–Crippen MR) is 84.7 cm³/mol. The van der Waals surface area contributed by atoms with Gasteiger partial charge in [-0.1, -0.05) is 38.1 Å². The van der Waals surface area contributed by atoms with Crippen molar-refractivity contribution in [1.82, 2.24) is 20.3 Å². The lowest BCUT2D eigenvalue weighted by molar-refractivity contribution is 0.581. The Hall–Kier alpha value is -2.33. The van der Waals surface area contributed by atoms with E-state index >= 15 is 0 Å². The molecule has 0 atom stereocenters. The first-order chi connectivity index (χ1) is 10.2. The van der Waals surface area contributed by atoms with Crippen molar-refractivity contribution < 1.29 is 0 Å². The Bertz CT molecular complexity index is 747. The molecule has 0 aliphatic carbocycles. The van der Waals surface area contributed by atoms with Crippen LogP contribution < -0.4 is 5.32 Å². The zero-order valence-corrected chi connectivity index (χ0v) is 12.2. The minimum atomic E-state index is 0.430. The van der Waals surface area contributed by atoms with Gasteiger partial charge in [0.05, 0.1) is 5.69 Å². The summed E-state index contributed by atoms with van der Waals surface area (Å²) in [4.78, 5) is 13.5. The number of rotatable bonds is 4. The molecule has 21 heavy (non-hydrogen) atoms. The summed E-state index contributed by atoms with van der Waals surface area (Å²) in [5.74, 6) is 0.676. The molecule has 4 heteroatoms. The first-order valence-corrected chi connectivity index (χ1v) is 7.13. The average Bonchev–Trinajstić information content (AvgIpc) is 2.52. The molecule has 0 spiro atoms. The van der Waals surface area contributed by atoms with Gasteiger partial charge in [-0.3, -0.25) is 4.98 Å². The lowest BCUT2D eigenvalue weighted by Gasteiger charge is -2.09. The van der Waals surface area contributed by atoms with E-state index in [4.69, 9.17) is 0 Å². The van der Waals surface area contributed by atoms with Crippen LogP contribution in [-0.2, 0) is 6.54 Å². The number of benzene rings is 1. The van der Waals surface area contributed by atoms with Gasteiger partial charge in [0, 0.05) is 30.4 Å². The van der Waals surface area contributed by atoms with Crippen LogP contribution >= 0.6 is 0 Å². The maximum Gasteiger partial charge on any atom is 0.179 e. The van der Waals surface area contributed by atoms with Gasteiger partial charge in [0.1, 0.15) is 5.69 Å². The molecule has 0 unspecified atom stereocenters. The highest BCUT2D eigenvalue weighted by molar-refractivity contribution is 5.92. The summed E-state index contributed by atoms with van der Waals surface area (Å²) in [6.45, 7) is 4.97. The third-order valence-electron chi connectivity index (χ3n) is 3.29. The molecule has 1 aromatic carbocycles. The van der Waals surface area contributed by atoms with Crippen LogP contribution in [0.4, 0.5) is 0 Å². The summed E-state index contributed by atoms with van der Waals surface area (Å²) >= 11 is 0. The fourth-order valence-electron chi connectivity index (χ4n) is 2.22. The van der Waals surface area contributed by atoms with Crippen molar-refractivity contribution in [3.8, 4) is 11.5 Å². The molecule has 0 bridgehead atoms. The van der Waals surface area contributed by atoms with Crippen LogP contribution in [0.3, 0.4) is 0 Å². The topological polar surface area (TPSA) is 50.7 Å². The van der Waals surface area contributed by atoms with E-state index in [1.165, 1.54) is 0 Å². The predicted octanol–water partition coefficient (Wildman–Crippen LogP) is 3.19. The molecule has 0 saturated heterocycles. The van der Waals surface area contributed by atoms with Crippen molar-refractivity contribution in [2.24, 2.45) is 0 Å². The van der Waals surface area contributed by atoms with Crippen LogP contribution in [0.5, 0.6) is 0 Å². The molecule has 106 valence electrons. The largest absolute Gasteiger partial charge is 0.309 e. The second kappa shape index (κ2) is 5.97. The van der Waals surface area contributed by atoms with Crippen molar-refractivity contribution in [1.29, 1.82) is 0 Å². The Morgan fingerprint density at radius 3 is 2.67 bits per heavy atom. The van der Waals surface area contributed by atoms with Crippen LogP contribution in [-0.4, -0.2) is 21.0 Å². The number of fused-ring (bicyclic) bond motifs is 1. The second-order valence-electron chi connectivity index (χ2n) is 5.29. The fourth-order valence-corrected chi connectivity index (χ4v) is 2.22. The van der Waals surface area contributed by atoms with Crippen LogP contribution in [0.1, 0.15) is 19.5 Å². The van der Waals surface area contributed by atoms with E-state index in [2.05, 4.69) is 46.2 Å². The monoisotopic (exact) mass is 278 g/mol. The summed E-state index contributed by atoms with van der Waals surface area (Å²) < 4.78 is 0. The molecule has 0 saturated carbocycles. The molecule has 0 aliphatic rings. The summed E-state index contributed by atoms with van der Waals surface area (Å²) in [6, 6.07) is 12.5. The molecule has 0 aliphatic heterocycles. The summed E-state index contributed by atoms with van der Waals surface area (Å²) in [5, 5.41) is 5.59. The molecule has 0 amide bonds. The molecule has 2 heterocycles. The van der Waals surface area contributed by atoms with Crippen molar-refractivity contribution in [2.45, 2.75) is 26.4 Å². The lowest BCUT2D eigenvalue weighted by Crippen LogP contribution is -2.22. The number of pyridine rings is 1. The SMILES string of the molecule is CC(C)NCc1ccnc(-c2nccc3ccccc23)n1. The van der Waals surface area contributed by atoms with E-state index in [1.807, 2.05) is 24.3 Å². The molecule has 0 radical (unpaired) electrons. The van der Waals surface area contributed by atoms with Crippen molar-refractivity contribution in [2.75, 3.05) is 0 Å². The highest BCUT2D eigenvalue weighted by Crippen LogP contribution is 2.23. The molecule has 2 aromatic heterocycles. The number of aromatic nitrogens is 3. The summed E-state index contributed by atoms with van der Waals surface area (Å²) in [6.07, 6.45) is 3.60. The minimum absolute atomic E-state index is 0.430. The number of hydrogen-bond acceptors (Lipinski definition) is 4. The van der Waals surface area contributed by atoms with E-state index < -0.39 is 0 Å². The zero-order valence-electron chi connectivity index (χ0n) is 12.2.